The van der Waals surface area contributed by atoms with Crippen LogP contribution in [0.15, 0.2) is 24.3 Å². The van der Waals surface area contributed by atoms with Crippen LogP contribution in [0.5, 0.6) is 0 Å². The van der Waals surface area contributed by atoms with Crippen molar-refractivity contribution < 1.29 is 4.74 Å². The largest absolute Gasteiger partial charge is 0.399 e. The van der Waals surface area contributed by atoms with E-state index in [2.05, 4.69) is 31.9 Å². The van der Waals surface area contributed by atoms with Gasteiger partial charge in [-0.1, -0.05) is 18.2 Å². The lowest BCUT2D eigenvalue weighted by atomic mass is 10.1. The molecule has 0 amide bonds. The Morgan fingerprint density at radius 1 is 1.24 bits per heavy atom. The van der Waals surface area contributed by atoms with Crippen LogP contribution in [0.1, 0.15) is 19.4 Å². The zero-order chi connectivity index (χ0) is 12.7. The number of para-hydroxylation sites is 1. The van der Waals surface area contributed by atoms with Crippen LogP contribution in [-0.2, 0) is 11.2 Å². The number of nitrogen functional groups attached to an aromatic ring is 1. The smallest absolute Gasteiger partial charge is 0.0596 e. The van der Waals surface area contributed by atoms with Gasteiger partial charge in [0.2, 0.25) is 0 Å². The van der Waals surface area contributed by atoms with E-state index in [1.807, 2.05) is 18.2 Å². The number of anilines is 1. The van der Waals surface area contributed by atoms with Crippen molar-refractivity contribution in [2.24, 2.45) is 0 Å². The number of rotatable bonds is 7. The van der Waals surface area contributed by atoms with Gasteiger partial charge in [0.15, 0.2) is 0 Å². The Balaban J connectivity index is 2.24. The van der Waals surface area contributed by atoms with E-state index in [4.69, 9.17) is 10.5 Å². The predicted octanol–water partition coefficient (Wildman–Crippen LogP) is 2.17. The minimum atomic E-state index is 0.313. The molecule has 0 aliphatic carbocycles. The van der Waals surface area contributed by atoms with Crippen LogP contribution < -0.4 is 5.73 Å². The van der Waals surface area contributed by atoms with Gasteiger partial charge in [0, 0.05) is 18.8 Å². The van der Waals surface area contributed by atoms with Gasteiger partial charge in [-0.3, -0.25) is 0 Å². The van der Waals surface area contributed by atoms with E-state index < -0.39 is 0 Å². The molecule has 0 aliphatic rings. The maximum absolute atomic E-state index is 5.90. The highest BCUT2D eigenvalue weighted by Crippen LogP contribution is 2.11. The normalized spacial score (nSPS) is 11.4. The van der Waals surface area contributed by atoms with Crippen molar-refractivity contribution in [1.82, 2.24) is 4.90 Å². The van der Waals surface area contributed by atoms with Crippen molar-refractivity contribution in [3.05, 3.63) is 29.8 Å². The molecule has 2 N–H and O–H groups in total. The molecule has 0 spiro atoms. The zero-order valence-corrected chi connectivity index (χ0v) is 11.1. The van der Waals surface area contributed by atoms with Crippen LogP contribution in [-0.4, -0.2) is 37.7 Å². The minimum Gasteiger partial charge on any atom is -0.399 e. The van der Waals surface area contributed by atoms with Crippen molar-refractivity contribution in [2.45, 2.75) is 26.4 Å². The molecule has 0 saturated carbocycles. The zero-order valence-electron chi connectivity index (χ0n) is 11.1. The van der Waals surface area contributed by atoms with Gasteiger partial charge in [0.05, 0.1) is 12.7 Å². The predicted molar refractivity (Wildman–Crippen MR) is 73.1 cm³/mol. The molecule has 1 aromatic carbocycles. The Labute approximate surface area is 105 Å². The summed E-state index contributed by atoms with van der Waals surface area (Å²) in [5.74, 6) is 0. The van der Waals surface area contributed by atoms with Crippen molar-refractivity contribution >= 4 is 5.69 Å². The molecule has 0 fully saturated rings. The highest BCUT2D eigenvalue weighted by molar-refractivity contribution is 5.46. The fourth-order valence-electron chi connectivity index (χ4n) is 1.63. The van der Waals surface area contributed by atoms with Crippen LogP contribution in [0.4, 0.5) is 5.69 Å². The number of nitrogens with zero attached hydrogens (tertiary/aromatic N) is 1. The molecule has 0 aromatic heterocycles. The summed E-state index contributed by atoms with van der Waals surface area (Å²) in [6.45, 7) is 6.88. The third kappa shape index (κ3) is 5.71. The highest BCUT2D eigenvalue weighted by atomic mass is 16.5. The number of likely N-dealkylation sites (N-methyl/N-ethyl adjacent to an activating group) is 1. The molecule has 0 radical (unpaired) electrons. The Bertz CT molecular complexity index is 326. The SMILES string of the molecule is CC(C)OCCN(C)CCc1ccccc1N. The summed E-state index contributed by atoms with van der Waals surface area (Å²) < 4.78 is 5.52. The van der Waals surface area contributed by atoms with Crippen LogP contribution >= 0.6 is 0 Å². The van der Waals surface area contributed by atoms with E-state index in [0.29, 0.717) is 6.10 Å². The Morgan fingerprint density at radius 2 is 1.94 bits per heavy atom. The molecular formula is C14H24N2O. The maximum atomic E-state index is 5.90. The van der Waals surface area contributed by atoms with Gasteiger partial charge < -0.3 is 15.4 Å². The summed E-state index contributed by atoms with van der Waals surface area (Å²) in [4.78, 5) is 2.27. The van der Waals surface area contributed by atoms with Crippen molar-refractivity contribution in [2.75, 3.05) is 32.5 Å². The van der Waals surface area contributed by atoms with Gasteiger partial charge in [-0.15, -0.1) is 0 Å². The van der Waals surface area contributed by atoms with Crippen LogP contribution in [0.3, 0.4) is 0 Å². The molecule has 17 heavy (non-hydrogen) atoms. The molecule has 1 rings (SSSR count). The Morgan fingerprint density at radius 3 is 2.59 bits per heavy atom. The van der Waals surface area contributed by atoms with Crippen molar-refractivity contribution in [3.8, 4) is 0 Å². The third-order valence-electron chi connectivity index (χ3n) is 2.74. The molecule has 3 nitrogen and oxygen atoms in total. The first kappa shape index (κ1) is 14.0. The summed E-state index contributed by atoms with van der Waals surface area (Å²) in [5.41, 5.74) is 8.02. The first-order chi connectivity index (χ1) is 8.09. The lowest BCUT2D eigenvalue weighted by molar-refractivity contribution is 0.0641. The fraction of sp³-hybridized carbons (Fsp3) is 0.571. The fourth-order valence-corrected chi connectivity index (χ4v) is 1.63. The van der Waals surface area contributed by atoms with Gasteiger partial charge in [-0.05, 0) is 38.9 Å². The number of hydrogen-bond donors (Lipinski definition) is 1. The van der Waals surface area contributed by atoms with Gasteiger partial charge >= 0.3 is 0 Å². The monoisotopic (exact) mass is 236 g/mol. The van der Waals surface area contributed by atoms with Crippen molar-refractivity contribution in [3.63, 3.8) is 0 Å². The number of nitrogens with two attached hydrogens (primary N) is 1. The first-order valence-electron chi connectivity index (χ1n) is 6.23. The summed E-state index contributed by atoms with van der Waals surface area (Å²) in [6.07, 6.45) is 1.30. The van der Waals surface area contributed by atoms with E-state index >= 15 is 0 Å². The van der Waals surface area contributed by atoms with Crippen LogP contribution in [0, 0.1) is 0 Å². The van der Waals surface area contributed by atoms with Crippen LogP contribution in [0.2, 0.25) is 0 Å². The summed E-state index contributed by atoms with van der Waals surface area (Å²) in [7, 11) is 2.11. The average molecular weight is 236 g/mol. The average Bonchev–Trinajstić information content (AvgIpc) is 2.27. The second kappa shape index (κ2) is 7.30. The van der Waals surface area contributed by atoms with E-state index in [0.717, 1.165) is 31.8 Å². The van der Waals surface area contributed by atoms with Gasteiger partial charge in [-0.25, -0.2) is 0 Å². The maximum Gasteiger partial charge on any atom is 0.0596 e. The molecule has 0 heterocycles. The standard InChI is InChI=1S/C14H24N2O/c1-12(2)17-11-10-16(3)9-8-13-6-4-5-7-14(13)15/h4-7,12H,8-11,15H2,1-3H3. The summed E-state index contributed by atoms with van der Waals surface area (Å²) in [6, 6.07) is 8.05. The quantitative estimate of drug-likeness (QED) is 0.737. The Kier molecular flexibility index (Phi) is 6.01. The van der Waals surface area contributed by atoms with E-state index in [9.17, 15) is 0 Å². The third-order valence-corrected chi connectivity index (χ3v) is 2.74. The summed E-state index contributed by atoms with van der Waals surface area (Å²) >= 11 is 0. The number of hydrogen-bond acceptors (Lipinski definition) is 3. The molecule has 0 atom stereocenters. The van der Waals surface area contributed by atoms with Gasteiger partial charge in [-0.2, -0.15) is 0 Å². The minimum absolute atomic E-state index is 0.313. The topological polar surface area (TPSA) is 38.5 Å². The van der Waals surface area contributed by atoms with E-state index in [1.54, 1.807) is 0 Å². The molecule has 0 saturated heterocycles. The van der Waals surface area contributed by atoms with E-state index in [-0.39, 0.29) is 0 Å². The molecule has 96 valence electrons. The van der Waals surface area contributed by atoms with E-state index in [1.165, 1.54) is 5.56 Å². The number of ether oxygens (including phenoxy) is 1. The van der Waals surface area contributed by atoms with Crippen molar-refractivity contribution in [1.29, 1.82) is 0 Å². The van der Waals surface area contributed by atoms with Gasteiger partial charge in [0.1, 0.15) is 0 Å². The highest BCUT2D eigenvalue weighted by Gasteiger charge is 2.02. The molecular weight excluding hydrogens is 212 g/mol. The summed E-state index contributed by atoms with van der Waals surface area (Å²) in [5, 5.41) is 0. The van der Waals surface area contributed by atoms with Gasteiger partial charge in [0.25, 0.3) is 0 Å². The molecule has 0 aliphatic heterocycles. The molecule has 1 aromatic rings. The number of benzene rings is 1. The van der Waals surface area contributed by atoms with Crippen LogP contribution in [0.25, 0.3) is 0 Å². The molecule has 0 bridgehead atoms. The first-order valence-corrected chi connectivity index (χ1v) is 6.23. The lowest BCUT2D eigenvalue weighted by Gasteiger charge is -2.18. The second-order valence-electron chi connectivity index (χ2n) is 4.67. The Hall–Kier alpha value is -1.06. The molecule has 3 heteroatoms. The lowest BCUT2D eigenvalue weighted by Crippen LogP contribution is -2.26. The molecule has 0 unspecified atom stereocenters. The second-order valence-corrected chi connectivity index (χ2v) is 4.67.